The van der Waals surface area contributed by atoms with E-state index in [-0.39, 0.29) is 0 Å². The largest absolute Gasteiger partial charge is 0.489 e. The first-order valence-electron chi connectivity index (χ1n) is 5.39. The Kier molecular flexibility index (Phi) is 4.20. The van der Waals surface area contributed by atoms with Crippen LogP contribution in [0.1, 0.15) is 0 Å². The number of anilines is 1. The molecule has 0 saturated carbocycles. The zero-order valence-corrected chi connectivity index (χ0v) is 10.3. The summed E-state index contributed by atoms with van der Waals surface area (Å²) in [6.07, 6.45) is 3.92. The van der Waals surface area contributed by atoms with E-state index in [0.29, 0.717) is 36.0 Å². The van der Waals surface area contributed by atoms with E-state index >= 15 is 0 Å². The molecule has 6 heteroatoms. The molecule has 0 bridgehead atoms. The molecule has 1 aromatic heterocycles. The minimum absolute atomic E-state index is 0.440. The minimum Gasteiger partial charge on any atom is -0.489 e. The van der Waals surface area contributed by atoms with Crippen molar-refractivity contribution in [3.8, 4) is 5.75 Å². The molecule has 0 aliphatic carbocycles. The van der Waals surface area contributed by atoms with E-state index in [9.17, 15) is 4.79 Å². The van der Waals surface area contributed by atoms with Crippen LogP contribution < -0.4 is 10.1 Å². The maximum Gasteiger partial charge on any atom is 0.211 e. The summed E-state index contributed by atoms with van der Waals surface area (Å²) in [5, 5.41) is 7.21. The number of aromatic nitrogens is 2. The highest BCUT2D eigenvalue weighted by Gasteiger charge is 2.02. The Labute approximate surface area is 109 Å². The number of carbonyl (C=O) groups is 1. The van der Waals surface area contributed by atoms with Crippen molar-refractivity contribution in [1.29, 1.82) is 0 Å². The number of hydrogen-bond acceptors (Lipinski definition) is 3. The van der Waals surface area contributed by atoms with Gasteiger partial charge >= 0.3 is 0 Å². The van der Waals surface area contributed by atoms with Gasteiger partial charge in [-0.2, -0.15) is 5.10 Å². The number of amides is 1. The second-order valence-electron chi connectivity index (χ2n) is 3.53. The summed E-state index contributed by atoms with van der Waals surface area (Å²) in [7, 11) is 0. The lowest BCUT2D eigenvalue weighted by molar-refractivity contribution is -0.105. The van der Waals surface area contributed by atoms with E-state index in [4.69, 9.17) is 16.3 Å². The van der Waals surface area contributed by atoms with Crippen LogP contribution in [0.3, 0.4) is 0 Å². The van der Waals surface area contributed by atoms with E-state index in [2.05, 4.69) is 10.4 Å². The lowest BCUT2D eigenvalue weighted by atomic mass is 10.3. The molecule has 0 aliphatic rings. The second-order valence-corrected chi connectivity index (χ2v) is 3.96. The summed E-state index contributed by atoms with van der Waals surface area (Å²) in [5.74, 6) is 0.628. The normalized spacial score (nSPS) is 10.1. The molecule has 0 fully saturated rings. The Morgan fingerprint density at radius 2 is 2.28 bits per heavy atom. The van der Waals surface area contributed by atoms with Gasteiger partial charge in [-0.25, -0.2) is 0 Å². The molecule has 5 nitrogen and oxygen atoms in total. The number of benzene rings is 1. The topological polar surface area (TPSA) is 56.1 Å². The molecule has 0 atom stereocenters. The second kappa shape index (κ2) is 6.07. The van der Waals surface area contributed by atoms with Gasteiger partial charge in [-0.05, 0) is 12.1 Å². The van der Waals surface area contributed by atoms with E-state index in [0.717, 1.165) is 0 Å². The molecular weight excluding hydrogens is 254 g/mol. The Bertz CT molecular complexity index is 528. The van der Waals surface area contributed by atoms with Crippen molar-refractivity contribution in [3.63, 3.8) is 0 Å². The first-order chi connectivity index (χ1) is 8.79. The molecule has 1 aromatic carbocycles. The van der Waals surface area contributed by atoms with Crippen molar-refractivity contribution in [2.24, 2.45) is 0 Å². The number of rotatable bonds is 6. The Morgan fingerprint density at radius 3 is 3.00 bits per heavy atom. The van der Waals surface area contributed by atoms with Gasteiger partial charge in [0.15, 0.2) is 0 Å². The van der Waals surface area contributed by atoms with Crippen molar-refractivity contribution < 1.29 is 9.53 Å². The summed E-state index contributed by atoms with van der Waals surface area (Å²) < 4.78 is 7.27. The monoisotopic (exact) mass is 265 g/mol. The summed E-state index contributed by atoms with van der Waals surface area (Å²) in [6.45, 7) is 1.03. The summed E-state index contributed by atoms with van der Waals surface area (Å²) >= 11 is 5.75. The summed E-state index contributed by atoms with van der Waals surface area (Å²) in [4.78, 5) is 10.4. The third-order valence-corrected chi connectivity index (χ3v) is 2.48. The zero-order valence-electron chi connectivity index (χ0n) is 9.54. The lowest BCUT2D eigenvalue weighted by Crippen LogP contribution is -2.09. The maximum atomic E-state index is 10.4. The van der Waals surface area contributed by atoms with Gasteiger partial charge in [0.2, 0.25) is 6.41 Å². The lowest BCUT2D eigenvalue weighted by Gasteiger charge is -2.10. The van der Waals surface area contributed by atoms with Crippen LogP contribution in [0.15, 0.2) is 36.7 Å². The average molecular weight is 266 g/mol. The molecule has 2 aromatic rings. The molecule has 0 radical (unpaired) electrons. The molecule has 18 heavy (non-hydrogen) atoms. The van der Waals surface area contributed by atoms with Gasteiger partial charge in [-0.1, -0.05) is 23.7 Å². The van der Waals surface area contributed by atoms with Crippen LogP contribution in [0, 0.1) is 0 Å². The smallest absolute Gasteiger partial charge is 0.211 e. The number of halogens is 1. The highest BCUT2D eigenvalue weighted by molar-refractivity contribution is 6.30. The predicted molar refractivity (Wildman–Crippen MR) is 68.9 cm³/mol. The predicted octanol–water partition coefficient (Wildman–Crippen LogP) is 2.18. The average Bonchev–Trinajstić information content (AvgIpc) is 2.78. The minimum atomic E-state index is 0.440. The van der Waals surface area contributed by atoms with Crippen LogP contribution in [-0.4, -0.2) is 22.8 Å². The standard InChI is InChI=1S/C12H12ClN3O2/c13-10-7-15-16(8-10)5-6-18-12-4-2-1-3-11(12)14-9-17/h1-4,7-9H,5-6H2,(H,14,17). The van der Waals surface area contributed by atoms with Crippen molar-refractivity contribution >= 4 is 23.7 Å². The first kappa shape index (κ1) is 12.4. The Hall–Kier alpha value is -2.01. The van der Waals surface area contributed by atoms with Crippen LogP contribution in [0.4, 0.5) is 5.69 Å². The molecule has 0 aliphatic heterocycles. The Balaban J connectivity index is 1.91. The molecule has 0 spiro atoms. The van der Waals surface area contributed by atoms with Crippen LogP contribution in [0.2, 0.25) is 5.02 Å². The Morgan fingerprint density at radius 1 is 1.44 bits per heavy atom. The molecule has 94 valence electrons. The number of hydrogen-bond donors (Lipinski definition) is 1. The number of nitrogens with one attached hydrogen (secondary N) is 1. The van der Waals surface area contributed by atoms with Crippen LogP contribution in [-0.2, 0) is 11.3 Å². The van der Waals surface area contributed by atoms with Gasteiger partial charge in [0.05, 0.1) is 23.5 Å². The van der Waals surface area contributed by atoms with Crippen LogP contribution in [0.5, 0.6) is 5.75 Å². The van der Waals surface area contributed by atoms with Gasteiger partial charge < -0.3 is 10.1 Å². The molecule has 1 amide bonds. The van der Waals surface area contributed by atoms with E-state index in [1.807, 2.05) is 12.1 Å². The van der Waals surface area contributed by atoms with Crippen molar-refractivity contribution in [1.82, 2.24) is 9.78 Å². The van der Waals surface area contributed by atoms with Crippen molar-refractivity contribution in [2.45, 2.75) is 6.54 Å². The quantitative estimate of drug-likeness (QED) is 0.815. The van der Waals surface area contributed by atoms with Crippen molar-refractivity contribution in [2.75, 3.05) is 11.9 Å². The van der Waals surface area contributed by atoms with Crippen LogP contribution in [0.25, 0.3) is 0 Å². The maximum absolute atomic E-state index is 10.4. The van der Waals surface area contributed by atoms with Crippen LogP contribution >= 0.6 is 11.6 Å². The van der Waals surface area contributed by atoms with Gasteiger partial charge in [-0.3, -0.25) is 9.48 Å². The molecule has 0 unspecified atom stereocenters. The van der Waals surface area contributed by atoms with E-state index < -0.39 is 0 Å². The third kappa shape index (κ3) is 3.24. The summed E-state index contributed by atoms with van der Waals surface area (Å²) in [5.41, 5.74) is 0.644. The number of para-hydroxylation sites is 2. The highest BCUT2D eigenvalue weighted by atomic mass is 35.5. The van der Waals surface area contributed by atoms with E-state index in [1.165, 1.54) is 0 Å². The SMILES string of the molecule is O=CNc1ccccc1OCCn1cc(Cl)cn1. The highest BCUT2D eigenvalue weighted by Crippen LogP contribution is 2.22. The van der Waals surface area contributed by atoms with Gasteiger partial charge in [-0.15, -0.1) is 0 Å². The van der Waals surface area contributed by atoms with Gasteiger partial charge in [0.25, 0.3) is 0 Å². The van der Waals surface area contributed by atoms with Crippen molar-refractivity contribution in [3.05, 3.63) is 41.7 Å². The number of nitrogens with zero attached hydrogens (tertiary/aromatic N) is 2. The molecule has 0 saturated heterocycles. The van der Waals surface area contributed by atoms with Gasteiger partial charge in [0.1, 0.15) is 12.4 Å². The fourth-order valence-electron chi connectivity index (χ4n) is 1.48. The molecule has 1 heterocycles. The van der Waals surface area contributed by atoms with E-state index in [1.54, 1.807) is 29.2 Å². The summed E-state index contributed by atoms with van der Waals surface area (Å²) in [6, 6.07) is 7.23. The third-order valence-electron chi connectivity index (χ3n) is 2.28. The zero-order chi connectivity index (χ0) is 12.8. The number of ether oxygens (including phenoxy) is 1. The fourth-order valence-corrected chi connectivity index (χ4v) is 1.64. The van der Waals surface area contributed by atoms with Gasteiger partial charge in [0, 0.05) is 6.20 Å². The molecule has 1 N–H and O–H groups in total. The molecular formula is C12H12ClN3O2. The number of carbonyl (C=O) groups excluding carboxylic acids is 1. The molecule has 2 rings (SSSR count). The first-order valence-corrected chi connectivity index (χ1v) is 5.77. The fraction of sp³-hybridized carbons (Fsp3) is 0.167.